The first-order valence-corrected chi connectivity index (χ1v) is 8.06. The fourth-order valence-electron chi connectivity index (χ4n) is 4.05. The van der Waals surface area contributed by atoms with Crippen molar-refractivity contribution in [1.29, 1.82) is 0 Å². The molecule has 1 aliphatic carbocycles. The van der Waals surface area contributed by atoms with Crippen LogP contribution in [0.4, 0.5) is 5.95 Å². The fourth-order valence-corrected chi connectivity index (χ4v) is 4.05. The molecular formula is C16H20N6O. The molecule has 2 N–H and O–H groups in total. The molecule has 0 radical (unpaired) electrons. The van der Waals surface area contributed by atoms with Crippen molar-refractivity contribution in [2.24, 2.45) is 11.3 Å². The van der Waals surface area contributed by atoms with E-state index in [2.05, 4.69) is 25.5 Å². The molecule has 120 valence electrons. The molecule has 3 heterocycles. The third-order valence-electron chi connectivity index (χ3n) is 5.22. The number of fused-ring (bicyclic) bond motifs is 1. The number of aromatic nitrogens is 4. The van der Waals surface area contributed by atoms with Gasteiger partial charge in [-0.05, 0) is 30.9 Å². The van der Waals surface area contributed by atoms with E-state index in [9.17, 15) is 4.79 Å². The van der Waals surface area contributed by atoms with Crippen LogP contribution < -0.4 is 5.32 Å². The van der Waals surface area contributed by atoms with Crippen molar-refractivity contribution in [3.8, 4) is 0 Å². The summed E-state index contributed by atoms with van der Waals surface area (Å²) in [4.78, 5) is 23.0. The monoisotopic (exact) mass is 312 g/mol. The lowest BCUT2D eigenvalue weighted by molar-refractivity contribution is 0.0765. The standard InChI is InChI=1S/C16H20N6O/c23-14(13-4-8-20-21-13)22-9-12-3-1-5-16(12,11-22)10-19-15-17-6-2-7-18-15/h2,4,6-8,12H,1,3,5,9-11H2,(H,20,21)(H,17,18,19)/t12-,16-/m0/s1. The molecule has 2 aromatic rings. The fraction of sp³-hybridized carbons (Fsp3) is 0.500. The molecule has 7 nitrogen and oxygen atoms in total. The van der Waals surface area contributed by atoms with Gasteiger partial charge in [0.2, 0.25) is 5.95 Å². The van der Waals surface area contributed by atoms with Crippen LogP contribution in [0.3, 0.4) is 0 Å². The van der Waals surface area contributed by atoms with E-state index in [-0.39, 0.29) is 11.3 Å². The molecule has 7 heteroatoms. The molecule has 1 saturated carbocycles. The van der Waals surface area contributed by atoms with Crippen molar-refractivity contribution in [2.45, 2.75) is 19.3 Å². The molecule has 2 aliphatic rings. The number of anilines is 1. The Hall–Kier alpha value is -2.44. The molecule has 4 rings (SSSR count). The van der Waals surface area contributed by atoms with E-state index in [1.807, 2.05) is 11.0 Å². The van der Waals surface area contributed by atoms with Gasteiger partial charge in [-0.2, -0.15) is 5.10 Å². The summed E-state index contributed by atoms with van der Waals surface area (Å²) in [6.07, 6.45) is 8.65. The highest BCUT2D eigenvalue weighted by molar-refractivity contribution is 5.92. The van der Waals surface area contributed by atoms with E-state index in [0.29, 0.717) is 17.6 Å². The third kappa shape index (κ3) is 2.56. The number of nitrogens with one attached hydrogen (secondary N) is 2. The largest absolute Gasteiger partial charge is 0.354 e. The molecule has 2 fully saturated rings. The summed E-state index contributed by atoms with van der Waals surface area (Å²) < 4.78 is 0. The summed E-state index contributed by atoms with van der Waals surface area (Å²) in [5.74, 6) is 1.25. The molecule has 0 bridgehead atoms. The quantitative estimate of drug-likeness (QED) is 0.894. The minimum absolute atomic E-state index is 0.0484. The zero-order chi connectivity index (χ0) is 15.7. The number of likely N-dealkylation sites (tertiary alicyclic amines) is 1. The lowest BCUT2D eigenvalue weighted by atomic mass is 9.81. The van der Waals surface area contributed by atoms with Gasteiger partial charge >= 0.3 is 0 Å². The average Bonchev–Trinajstić information content (AvgIpc) is 3.29. The van der Waals surface area contributed by atoms with Crippen LogP contribution in [0.1, 0.15) is 29.8 Å². The number of amides is 1. The Morgan fingerprint density at radius 2 is 2.26 bits per heavy atom. The van der Waals surface area contributed by atoms with Gasteiger partial charge in [-0.3, -0.25) is 9.89 Å². The van der Waals surface area contributed by atoms with Crippen LogP contribution in [0.15, 0.2) is 30.7 Å². The predicted octanol–water partition coefficient (Wildman–Crippen LogP) is 1.55. The zero-order valence-corrected chi connectivity index (χ0v) is 12.9. The number of rotatable bonds is 4. The van der Waals surface area contributed by atoms with E-state index in [1.165, 1.54) is 12.8 Å². The lowest BCUT2D eigenvalue weighted by Gasteiger charge is -2.29. The van der Waals surface area contributed by atoms with Crippen LogP contribution in [0.25, 0.3) is 0 Å². The van der Waals surface area contributed by atoms with Crippen LogP contribution in [0.5, 0.6) is 0 Å². The Labute approximate surface area is 134 Å². The average molecular weight is 312 g/mol. The number of nitrogens with zero attached hydrogens (tertiary/aromatic N) is 4. The number of hydrogen-bond donors (Lipinski definition) is 2. The Morgan fingerprint density at radius 1 is 1.39 bits per heavy atom. The number of aromatic amines is 1. The summed E-state index contributed by atoms with van der Waals surface area (Å²) in [6.45, 7) is 2.43. The Kier molecular flexibility index (Phi) is 3.48. The topological polar surface area (TPSA) is 86.8 Å². The van der Waals surface area contributed by atoms with Crippen LogP contribution in [0.2, 0.25) is 0 Å². The Bertz CT molecular complexity index is 673. The van der Waals surface area contributed by atoms with Crippen molar-refractivity contribution < 1.29 is 4.79 Å². The molecule has 1 amide bonds. The minimum Gasteiger partial charge on any atom is -0.354 e. The normalized spacial score (nSPS) is 26.3. The SMILES string of the molecule is O=C(c1ccn[nH]1)N1C[C@@H]2CCC[C@]2(CNc2ncccn2)C1. The van der Waals surface area contributed by atoms with Gasteiger partial charge in [0, 0.05) is 43.6 Å². The van der Waals surface area contributed by atoms with Crippen molar-refractivity contribution in [2.75, 3.05) is 25.0 Å². The van der Waals surface area contributed by atoms with Gasteiger partial charge in [-0.15, -0.1) is 0 Å². The van der Waals surface area contributed by atoms with Crippen LogP contribution in [0, 0.1) is 11.3 Å². The molecule has 0 unspecified atom stereocenters. The molecule has 0 spiro atoms. The van der Waals surface area contributed by atoms with E-state index in [0.717, 1.165) is 26.1 Å². The molecule has 2 atom stereocenters. The second kappa shape index (κ2) is 5.64. The van der Waals surface area contributed by atoms with Gasteiger partial charge in [0.25, 0.3) is 5.91 Å². The first-order chi connectivity index (χ1) is 11.3. The predicted molar refractivity (Wildman–Crippen MR) is 84.8 cm³/mol. The van der Waals surface area contributed by atoms with Crippen LogP contribution in [-0.2, 0) is 0 Å². The van der Waals surface area contributed by atoms with E-state index < -0.39 is 0 Å². The maximum absolute atomic E-state index is 12.6. The molecule has 1 aliphatic heterocycles. The van der Waals surface area contributed by atoms with Gasteiger partial charge in [0.15, 0.2) is 0 Å². The first-order valence-electron chi connectivity index (χ1n) is 8.06. The van der Waals surface area contributed by atoms with Crippen molar-refractivity contribution in [3.05, 3.63) is 36.4 Å². The van der Waals surface area contributed by atoms with E-state index in [4.69, 9.17) is 0 Å². The van der Waals surface area contributed by atoms with Gasteiger partial charge in [0.05, 0.1) is 0 Å². The number of carbonyl (C=O) groups is 1. The number of hydrogen-bond acceptors (Lipinski definition) is 5. The Balaban J connectivity index is 1.47. The molecule has 2 aromatic heterocycles. The van der Waals surface area contributed by atoms with E-state index in [1.54, 1.807) is 24.7 Å². The van der Waals surface area contributed by atoms with Gasteiger partial charge in [-0.1, -0.05) is 6.42 Å². The summed E-state index contributed by atoms with van der Waals surface area (Å²) >= 11 is 0. The van der Waals surface area contributed by atoms with Crippen LogP contribution >= 0.6 is 0 Å². The summed E-state index contributed by atoms with van der Waals surface area (Å²) in [5, 5.41) is 10.0. The van der Waals surface area contributed by atoms with Crippen molar-refractivity contribution >= 4 is 11.9 Å². The van der Waals surface area contributed by atoms with Crippen molar-refractivity contribution in [3.63, 3.8) is 0 Å². The van der Waals surface area contributed by atoms with Gasteiger partial charge in [0.1, 0.15) is 5.69 Å². The second-order valence-electron chi connectivity index (χ2n) is 6.53. The second-order valence-corrected chi connectivity index (χ2v) is 6.53. The first kappa shape index (κ1) is 14.2. The minimum atomic E-state index is 0.0484. The lowest BCUT2D eigenvalue weighted by Crippen LogP contribution is -2.36. The van der Waals surface area contributed by atoms with Gasteiger partial charge < -0.3 is 10.2 Å². The van der Waals surface area contributed by atoms with Crippen molar-refractivity contribution in [1.82, 2.24) is 25.1 Å². The van der Waals surface area contributed by atoms with Crippen LogP contribution in [-0.4, -0.2) is 50.6 Å². The maximum Gasteiger partial charge on any atom is 0.271 e. The molecule has 1 saturated heterocycles. The highest BCUT2D eigenvalue weighted by atomic mass is 16.2. The molecule has 23 heavy (non-hydrogen) atoms. The third-order valence-corrected chi connectivity index (χ3v) is 5.22. The van der Waals surface area contributed by atoms with E-state index >= 15 is 0 Å². The summed E-state index contributed by atoms with van der Waals surface area (Å²) in [7, 11) is 0. The number of H-pyrrole nitrogens is 1. The molecular weight excluding hydrogens is 292 g/mol. The highest BCUT2D eigenvalue weighted by Gasteiger charge is 2.50. The number of carbonyl (C=O) groups excluding carboxylic acids is 1. The zero-order valence-electron chi connectivity index (χ0n) is 12.9. The summed E-state index contributed by atoms with van der Waals surface area (Å²) in [5.41, 5.74) is 0.703. The Morgan fingerprint density at radius 3 is 3.04 bits per heavy atom. The summed E-state index contributed by atoms with van der Waals surface area (Å²) in [6, 6.07) is 3.54. The van der Waals surface area contributed by atoms with Gasteiger partial charge in [-0.25, -0.2) is 9.97 Å². The highest BCUT2D eigenvalue weighted by Crippen LogP contribution is 2.48. The molecule has 0 aromatic carbocycles. The smallest absolute Gasteiger partial charge is 0.271 e. The maximum atomic E-state index is 12.6.